The Hall–Kier alpha value is -2.55. The van der Waals surface area contributed by atoms with Gasteiger partial charge in [0.1, 0.15) is 6.10 Å². The first kappa shape index (κ1) is 18.2. The van der Waals surface area contributed by atoms with E-state index in [2.05, 4.69) is 13.8 Å². The minimum Gasteiger partial charge on any atom is -0.456 e. The summed E-state index contributed by atoms with van der Waals surface area (Å²) >= 11 is 0. The fourth-order valence-corrected chi connectivity index (χ4v) is 4.09. The molecule has 4 atom stereocenters. The van der Waals surface area contributed by atoms with Crippen molar-refractivity contribution in [2.75, 3.05) is 0 Å². The third kappa shape index (κ3) is 3.03. The summed E-state index contributed by atoms with van der Waals surface area (Å²) in [6.45, 7) is 5.81. The Morgan fingerprint density at radius 1 is 1.12 bits per heavy atom. The average molecular weight is 364 g/mol. The van der Waals surface area contributed by atoms with Gasteiger partial charge in [0.15, 0.2) is 0 Å². The lowest BCUT2D eigenvalue weighted by atomic mass is 9.83. The van der Waals surface area contributed by atoms with Crippen LogP contribution < -0.4 is 0 Å². The van der Waals surface area contributed by atoms with Gasteiger partial charge in [0.05, 0.1) is 27.1 Å². The standard InChI is InChI=1S/C17H20N2O7/c1-16(2)12-7-14(17(3,21)8-13(12)16)26-15(20)9-4-10(18(22)23)6-11(5-9)19(24)25/h4-6,12-14,21H,7-8H2,1-3H3/t12-,13+,14+,17+/m0/s1. The van der Waals surface area contributed by atoms with Crippen molar-refractivity contribution in [3.63, 3.8) is 0 Å². The van der Waals surface area contributed by atoms with Crippen LogP contribution in [0.15, 0.2) is 18.2 Å². The van der Waals surface area contributed by atoms with Crippen molar-refractivity contribution in [1.82, 2.24) is 0 Å². The number of nitrogens with zero attached hydrogens (tertiary/aromatic N) is 2. The first-order chi connectivity index (χ1) is 11.9. The van der Waals surface area contributed by atoms with Crippen molar-refractivity contribution in [3.05, 3.63) is 44.0 Å². The van der Waals surface area contributed by atoms with E-state index < -0.39 is 38.9 Å². The minimum absolute atomic E-state index is 0.0788. The van der Waals surface area contributed by atoms with E-state index in [1.165, 1.54) is 0 Å². The van der Waals surface area contributed by atoms with Crippen LogP contribution in [0.1, 0.15) is 44.0 Å². The van der Waals surface area contributed by atoms with E-state index in [1.807, 2.05) is 0 Å². The molecule has 0 saturated heterocycles. The number of esters is 1. The van der Waals surface area contributed by atoms with E-state index in [0.29, 0.717) is 24.7 Å². The van der Waals surface area contributed by atoms with Crippen LogP contribution in [0.2, 0.25) is 0 Å². The van der Waals surface area contributed by atoms with Gasteiger partial charge >= 0.3 is 5.97 Å². The van der Waals surface area contributed by atoms with Gasteiger partial charge in [-0.3, -0.25) is 20.2 Å². The summed E-state index contributed by atoms with van der Waals surface area (Å²) in [5, 5.41) is 32.6. The van der Waals surface area contributed by atoms with Gasteiger partial charge in [-0.15, -0.1) is 0 Å². The SMILES string of the molecule is CC1(C)[C@@H]2C[C@@](C)(O)[C@H](OC(=O)c3cc([N+](=O)[O-])cc([N+](=O)[O-])c3)C[C@@H]21. The van der Waals surface area contributed by atoms with E-state index in [9.17, 15) is 30.1 Å². The summed E-state index contributed by atoms with van der Waals surface area (Å²) in [6.07, 6.45) is 0.224. The van der Waals surface area contributed by atoms with Crippen LogP contribution in [-0.4, -0.2) is 32.6 Å². The molecule has 0 aliphatic heterocycles. The van der Waals surface area contributed by atoms with Crippen molar-refractivity contribution in [2.24, 2.45) is 17.3 Å². The second-order valence-corrected chi connectivity index (χ2v) is 7.98. The number of aliphatic hydroxyl groups is 1. The molecule has 0 bridgehead atoms. The molecule has 3 rings (SSSR count). The van der Waals surface area contributed by atoms with E-state index in [1.54, 1.807) is 6.92 Å². The average Bonchev–Trinajstić information content (AvgIpc) is 3.05. The number of nitro benzene ring substituents is 2. The number of ether oxygens (including phenoxy) is 1. The molecule has 9 heteroatoms. The van der Waals surface area contributed by atoms with Crippen molar-refractivity contribution in [3.8, 4) is 0 Å². The zero-order chi connectivity index (χ0) is 19.4. The summed E-state index contributed by atoms with van der Waals surface area (Å²) in [7, 11) is 0. The predicted octanol–water partition coefficient (Wildman–Crippen LogP) is 2.85. The highest BCUT2D eigenvalue weighted by Gasteiger charge is 2.64. The predicted molar refractivity (Wildman–Crippen MR) is 89.6 cm³/mol. The van der Waals surface area contributed by atoms with Crippen molar-refractivity contribution < 1.29 is 24.5 Å². The fourth-order valence-electron chi connectivity index (χ4n) is 4.09. The molecule has 2 fully saturated rings. The topological polar surface area (TPSA) is 133 Å². The molecule has 0 unspecified atom stereocenters. The van der Waals surface area contributed by atoms with E-state index in [4.69, 9.17) is 4.74 Å². The van der Waals surface area contributed by atoms with Crippen LogP contribution >= 0.6 is 0 Å². The Labute approximate surface area is 149 Å². The molecule has 1 aromatic carbocycles. The maximum atomic E-state index is 12.5. The monoisotopic (exact) mass is 364 g/mol. The number of hydrogen-bond donors (Lipinski definition) is 1. The Morgan fingerprint density at radius 2 is 1.65 bits per heavy atom. The quantitative estimate of drug-likeness (QED) is 0.493. The van der Waals surface area contributed by atoms with Crippen LogP contribution in [0, 0.1) is 37.5 Å². The molecule has 1 aromatic rings. The highest BCUT2D eigenvalue weighted by molar-refractivity contribution is 5.91. The van der Waals surface area contributed by atoms with Gasteiger partial charge in [0.2, 0.25) is 0 Å². The molecular formula is C17H20N2O7. The Morgan fingerprint density at radius 3 is 2.15 bits per heavy atom. The molecule has 0 amide bonds. The summed E-state index contributed by atoms with van der Waals surface area (Å²) < 4.78 is 5.42. The molecule has 0 spiro atoms. The van der Waals surface area contributed by atoms with Gasteiger partial charge in [0, 0.05) is 12.1 Å². The van der Waals surface area contributed by atoms with Gasteiger partial charge in [-0.1, -0.05) is 13.8 Å². The van der Waals surface area contributed by atoms with Crippen LogP contribution in [0.4, 0.5) is 11.4 Å². The molecule has 0 aromatic heterocycles. The summed E-state index contributed by atoms with van der Waals surface area (Å²) in [6, 6.07) is 2.67. The van der Waals surface area contributed by atoms with Gasteiger partial charge in [-0.2, -0.15) is 0 Å². The van der Waals surface area contributed by atoms with Crippen molar-refractivity contribution >= 4 is 17.3 Å². The highest BCUT2D eigenvalue weighted by Crippen LogP contribution is 2.66. The third-order valence-corrected chi connectivity index (χ3v) is 5.89. The Bertz CT molecular complexity index is 770. The van der Waals surface area contributed by atoms with Gasteiger partial charge in [-0.25, -0.2) is 4.79 Å². The summed E-state index contributed by atoms with van der Waals surface area (Å²) in [4.78, 5) is 32.7. The molecule has 1 N–H and O–H groups in total. The third-order valence-electron chi connectivity index (χ3n) is 5.89. The molecule has 9 nitrogen and oxygen atoms in total. The number of rotatable bonds is 4. The maximum Gasteiger partial charge on any atom is 0.339 e. The van der Waals surface area contributed by atoms with Crippen molar-refractivity contribution in [1.29, 1.82) is 0 Å². The number of carbonyl (C=O) groups excluding carboxylic acids is 1. The van der Waals surface area contributed by atoms with Crippen LogP contribution in [0.3, 0.4) is 0 Å². The Balaban J connectivity index is 1.84. The highest BCUT2D eigenvalue weighted by atomic mass is 16.6. The van der Waals surface area contributed by atoms with Gasteiger partial charge in [-0.05, 0) is 37.0 Å². The zero-order valence-electron chi connectivity index (χ0n) is 14.7. The molecule has 26 heavy (non-hydrogen) atoms. The largest absolute Gasteiger partial charge is 0.456 e. The summed E-state index contributed by atoms with van der Waals surface area (Å²) in [5.41, 5.74) is -2.54. The van der Waals surface area contributed by atoms with E-state index in [0.717, 1.165) is 18.2 Å². The maximum absolute atomic E-state index is 12.5. The lowest BCUT2D eigenvalue weighted by Crippen LogP contribution is -2.45. The number of carbonyl (C=O) groups is 1. The van der Waals surface area contributed by atoms with Crippen LogP contribution in [0.25, 0.3) is 0 Å². The molecule has 2 aliphatic carbocycles. The molecule has 0 radical (unpaired) electrons. The lowest BCUT2D eigenvalue weighted by molar-refractivity contribution is -0.394. The van der Waals surface area contributed by atoms with Crippen LogP contribution in [-0.2, 0) is 4.74 Å². The second-order valence-electron chi connectivity index (χ2n) is 7.98. The fraction of sp³-hybridized carbons (Fsp3) is 0.588. The van der Waals surface area contributed by atoms with E-state index in [-0.39, 0.29) is 11.0 Å². The van der Waals surface area contributed by atoms with Crippen molar-refractivity contribution in [2.45, 2.75) is 45.3 Å². The first-order valence-corrected chi connectivity index (χ1v) is 8.30. The van der Waals surface area contributed by atoms with Gasteiger partial charge in [0.25, 0.3) is 11.4 Å². The smallest absolute Gasteiger partial charge is 0.339 e. The molecule has 2 saturated carbocycles. The van der Waals surface area contributed by atoms with Gasteiger partial charge < -0.3 is 9.84 Å². The number of fused-ring (bicyclic) bond motifs is 1. The molecular weight excluding hydrogens is 344 g/mol. The minimum atomic E-state index is -1.21. The zero-order valence-corrected chi connectivity index (χ0v) is 14.7. The Kier molecular flexibility index (Phi) is 4.02. The number of nitro groups is 2. The lowest BCUT2D eigenvalue weighted by Gasteiger charge is -2.35. The van der Waals surface area contributed by atoms with Crippen LogP contribution in [0.5, 0.6) is 0 Å². The van der Waals surface area contributed by atoms with E-state index >= 15 is 0 Å². The molecule has 140 valence electrons. The normalized spacial score (nSPS) is 31.6. The number of hydrogen-bond acceptors (Lipinski definition) is 7. The second kappa shape index (κ2) is 5.73. The number of benzene rings is 1. The molecule has 2 aliphatic rings. The number of non-ortho nitro benzene ring substituents is 2. The first-order valence-electron chi connectivity index (χ1n) is 8.30. The molecule has 0 heterocycles. The summed E-state index contributed by atoms with van der Waals surface area (Å²) in [5.74, 6) is -0.217.